The number of benzene rings is 1. The topological polar surface area (TPSA) is 124 Å². The second-order valence-electron chi connectivity index (χ2n) is 9.57. The Kier molecular flexibility index (Phi) is 8.61. The van der Waals surface area contributed by atoms with Gasteiger partial charge < -0.3 is 34.8 Å². The number of ether oxygens (including phenoxy) is 2. The summed E-state index contributed by atoms with van der Waals surface area (Å²) in [6.45, 7) is 6.95. The van der Waals surface area contributed by atoms with Crippen LogP contribution in [0, 0.1) is 5.82 Å². The molecule has 1 aromatic heterocycles. The third-order valence-corrected chi connectivity index (χ3v) is 6.86. The van der Waals surface area contributed by atoms with Crippen LogP contribution in [0.5, 0.6) is 11.5 Å². The lowest BCUT2D eigenvalue weighted by Crippen LogP contribution is -2.55. The van der Waals surface area contributed by atoms with Crippen molar-refractivity contribution in [2.75, 3.05) is 44.2 Å². The first kappa shape index (κ1) is 29.6. The van der Waals surface area contributed by atoms with Crippen LogP contribution in [0.4, 0.5) is 23.4 Å². The molecule has 10 nitrogen and oxygen atoms in total. The number of aromatic hydroxyl groups is 1. The molecule has 218 valence electrons. The third-order valence-electron chi connectivity index (χ3n) is 6.51. The van der Waals surface area contributed by atoms with E-state index < -0.39 is 18.0 Å². The van der Waals surface area contributed by atoms with E-state index in [1.165, 1.54) is 18.2 Å². The minimum Gasteiger partial charge on any atom is -0.507 e. The summed E-state index contributed by atoms with van der Waals surface area (Å²) >= 11 is 6.71. The fraction of sp³-hybridized carbons (Fsp3) is 0.480. The van der Waals surface area contributed by atoms with Crippen molar-refractivity contribution in [1.82, 2.24) is 15.2 Å². The van der Waals surface area contributed by atoms with E-state index in [1.807, 2.05) is 18.7 Å². The summed E-state index contributed by atoms with van der Waals surface area (Å²) in [5.74, 6) is -3.40. The fourth-order valence-electron chi connectivity index (χ4n) is 4.85. The number of carboxylic acids is 1. The minimum absolute atomic E-state index is 0.00432. The number of hydrogen-bond donors (Lipinski definition) is 3. The van der Waals surface area contributed by atoms with Crippen molar-refractivity contribution in [3.8, 4) is 22.8 Å². The van der Waals surface area contributed by atoms with Crippen LogP contribution < -0.4 is 15.0 Å². The lowest BCUT2D eigenvalue weighted by molar-refractivity contribution is -0.192. The van der Waals surface area contributed by atoms with Crippen molar-refractivity contribution in [1.29, 1.82) is 0 Å². The molecule has 2 aromatic rings. The number of nitrogens with one attached hydrogen (secondary N) is 1. The first-order valence-corrected chi connectivity index (χ1v) is 12.7. The molecule has 0 bridgehead atoms. The predicted molar refractivity (Wildman–Crippen MR) is 135 cm³/mol. The Morgan fingerprint density at radius 2 is 1.85 bits per heavy atom. The molecule has 1 amide bonds. The predicted octanol–water partition coefficient (Wildman–Crippen LogP) is 3.30. The van der Waals surface area contributed by atoms with Crippen LogP contribution in [0.2, 0.25) is 5.02 Å². The van der Waals surface area contributed by atoms with Crippen LogP contribution in [0.15, 0.2) is 18.2 Å². The Labute approximate surface area is 231 Å². The number of amides is 1. The number of carbonyl (C=O) groups excluding carboxylic acids is 1. The lowest BCUT2D eigenvalue weighted by atomic mass is 10.0. The maximum atomic E-state index is 14.8. The van der Waals surface area contributed by atoms with Gasteiger partial charge in [-0.25, -0.2) is 14.2 Å². The van der Waals surface area contributed by atoms with E-state index in [0.717, 1.165) is 0 Å². The summed E-state index contributed by atoms with van der Waals surface area (Å²) in [5.41, 5.74) is 0.185. The van der Waals surface area contributed by atoms with Crippen LogP contribution in [0.25, 0.3) is 11.3 Å². The molecule has 4 heterocycles. The van der Waals surface area contributed by atoms with Crippen LogP contribution in [-0.2, 0) is 9.53 Å². The molecule has 15 heteroatoms. The Balaban J connectivity index is 0.000000470. The van der Waals surface area contributed by atoms with Gasteiger partial charge in [-0.15, -0.1) is 0 Å². The van der Waals surface area contributed by atoms with Crippen molar-refractivity contribution in [3.05, 3.63) is 34.6 Å². The maximum Gasteiger partial charge on any atom is 0.490 e. The molecule has 0 radical (unpaired) electrons. The molecule has 3 aliphatic rings. The number of rotatable bonds is 2. The van der Waals surface area contributed by atoms with Gasteiger partial charge in [0, 0.05) is 32.7 Å². The van der Waals surface area contributed by atoms with Gasteiger partial charge in [0.15, 0.2) is 5.75 Å². The Morgan fingerprint density at radius 3 is 2.45 bits per heavy atom. The second kappa shape index (κ2) is 11.6. The van der Waals surface area contributed by atoms with Crippen molar-refractivity contribution in [2.24, 2.45) is 0 Å². The van der Waals surface area contributed by atoms with E-state index in [1.54, 1.807) is 4.90 Å². The number of phenolic OH excluding ortho intramolecular Hbond substituents is 1. The highest BCUT2D eigenvalue weighted by Gasteiger charge is 2.40. The molecule has 0 spiro atoms. The van der Waals surface area contributed by atoms with E-state index in [-0.39, 0.29) is 64.1 Å². The highest BCUT2D eigenvalue weighted by atomic mass is 35.5. The van der Waals surface area contributed by atoms with E-state index in [2.05, 4.69) is 5.32 Å². The van der Waals surface area contributed by atoms with Crippen LogP contribution in [-0.4, -0.2) is 95.7 Å². The number of halogens is 5. The highest BCUT2D eigenvalue weighted by Crippen LogP contribution is 2.46. The molecule has 0 aliphatic carbocycles. The molecule has 3 aliphatic heterocycles. The molecular weight excluding hydrogens is 564 g/mol. The van der Waals surface area contributed by atoms with Crippen molar-refractivity contribution in [3.63, 3.8) is 0 Å². The number of pyridine rings is 1. The maximum absolute atomic E-state index is 14.8. The summed E-state index contributed by atoms with van der Waals surface area (Å²) in [5, 5.41) is 20.9. The molecule has 3 atom stereocenters. The first-order valence-electron chi connectivity index (χ1n) is 12.4. The van der Waals surface area contributed by atoms with Crippen molar-refractivity contribution >= 4 is 29.3 Å². The number of piperazine rings is 1. The van der Waals surface area contributed by atoms with Gasteiger partial charge in [0.05, 0.1) is 23.8 Å². The number of fused-ring (bicyclic) bond motifs is 2. The second-order valence-corrected chi connectivity index (χ2v) is 9.95. The summed E-state index contributed by atoms with van der Waals surface area (Å²) in [6.07, 6.45) is -5.28. The van der Waals surface area contributed by atoms with Crippen molar-refractivity contribution in [2.45, 2.75) is 38.3 Å². The van der Waals surface area contributed by atoms with E-state index in [0.29, 0.717) is 38.5 Å². The number of hydrogen-bond acceptors (Lipinski definition) is 8. The quantitative estimate of drug-likeness (QED) is 0.452. The Morgan fingerprint density at radius 1 is 1.20 bits per heavy atom. The molecule has 1 aromatic carbocycles. The van der Waals surface area contributed by atoms with Gasteiger partial charge in [-0.3, -0.25) is 4.79 Å². The summed E-state index contributed by atoms with van der Waals surface area (Å²) in [4.78, 5) is 31.1. The molecule has 0 unspecified atom stereocenters. The van der Waals surface area contributed by atoms with Gasteiger partial charge in [-0.05, 0) is 26.0 Å². The van der Waals surface area contributed by atoms with Crippen molar-refractivity contribution < 1.29 is 46.8 Å². The molecule has 0 saturated carbocycles. The van der Waals surface area contributed by atoms with Gasteiger partial charge >= 0.3 is 12.1 Å². The molecule has 2 saturated heterocycles. The molecule has 2 fully saturated rings. The van der Waals surface area contributed by atoms with Crippen LogP contribution in [0.3, 0.4) is 0 Å². The standard InChI is InChI=1S/C23H26ClFN4O4.C2HF3O2/c1-12-9-28(10-13(2)33-12)22-18-21(32-11-14-8-26-6-7-29(14)23(18)31)19(24)20(27-22)17-15(25)4-3-5-16(17)30;3-2(4,5)1(6)7/h3-5,12-14,26,30H,6-11H2,1-2H3;(H,6,7)/t12-,13+,14-;/m1./s1. The lowest BCUT2D eigenvalue weighted by Gasteiger charge is -2.38. The van der Waals surface area contributed by atoms with Gasteiger partial charge in [-0.1, -0.05) is 17.7 Å². The number of phenols is 1. The zero-order valence-corrected chi connectivity index (χ0v) is 22.2. The van der Waals surface area contributed by atoms with Crippen LogP contribution >= 0.6 is 11.6 Å². The number of nitrogens with zero attached hydrogens (tertiary/aromatic N) is 3. The number of alkyl halides is 3. The summed E-state index contributed by atoms with van der Waals surface area (Å²) in [6, 6.07) is 3.85. The summed E-state index contributed by atoms with van der Waals surface area (Å²) in [7, 11) is 0. The van der Waals surface area contributed by atoms with Gasteiger partial charge in [0.1, 0.15) is 40.3 Å². The monoisotopic (exact) mass is 590 g/mol. The normalized spacial score (nSPS) is 22.8. The SMILES string of the molecule is C[C@@H]1CN(c2nc(-c3c(O)cccc3F)c(Cl)c3c2C(=O)N2CCNC[C@@H]2CO3)C[C@H](C)O1.O=C(O)C(F)(F)F. The number of carbonyl (C=O) groups is 2. The van der Waals surface area contributed by atoms with Gasteiger partial charge in [0.25, 0.3) is 5.91 Å². The van der Waals surface area contributed by atoms with E-state index in [9.17, 15) is 27.5 Å². The zero-order chi connectivity index (χ0) is 29.4. The van der Waals surface area contributed by atoms with E-state index in [4.69, 9.17) is 36.0 Å². The van der Waals surface area contributed by atoms with E-state index >= 15 is 0 Å². The average molecular weight is 591 g/mol. The van der Waals surface area contributed by atoms with Gasteiger partial charge in [-0.2, -0.15) is 13.2 Å². The van der Waals surface area contributed by atoms with Crippen LogP contribution in [0.1, 0.15) is 24.2 Å². The number of carboxylic acid groups (broad SMARTS) is 1. The molecule has 5 rings (SSSR count). The number of aliphatic carboxylic acids is 1. The Bertz CT molecular complexity index is 1270. The Hall–Kier alpha value is -3.36. The molecule has 40 heavy (non-hydrogen) atoms. The minimum atomic E-state index is -5.08. The number of anilines is 1. The smallest absolute Gasteiger partial charge is 0.490 e. The average Bonchev–Trinajstić information content (AvgIpc) is 3.02. The largest absolute Gasteiger partial charge is 0.507 e. The number of morpholine rings is 1. The first-order chi connectivity index (χ1) is 18.8. The zero-order valence-electron chi connectivity index (χ0n) is 21.5. The third kappa shape index (κ3) is 6.03. The highest BCUT2D eigenvalue weighted by molar-refractivity contribution is 6.35. The summed E-state index contributed by atoms with van der Waals surface area (Å²) < 4.78 is 58.5. The molecular formula is C25H27ClF4N4O6. The number of aromatic nitrogens is 1. The fourth-order valence-corrected chi connectivity index (χ4v) is 5.14. The van der Waals surface area contributed by atoms with Gasteiger partial charge in [0.2, 0.25) is 0 Å². The molecule has 3 N–H and O–H groups in total.